The topological polar surface area (TPSA) is 38.0 Å². The van der Waals surface area contributed by atoms with Crippen LogP contribution in [0.25, 0.3) is 0 Å². The van der Waals surface area contributed by atoms with Gasteiger partial charge in [0.2, 0.25) is 0 Å². The van der Waals surface area contributed by atoms with Gasteiger partial charge in [0, 0.05) is 5.69 Å². The van der Waals surface area contributed by atoms with Crippen molar-refractivity contribution in [3.63, 3.8) is 0 Å². The van der Waals surface area contributed by atoms with Crippen molar-refractivity contribution in [1.29, 1.82) is 0 Å². The zero-order chi connectivity index (χ0) is 11.5. The Morgan fingerprint density at radius 1 is 1.06 bits per heavy atom. The summed E-state index contributed by atoms with van der Waals surface area (Å²) in [6.07, 6.45) is 0. The monoisotopic (exact) mass is 216 g/mol. The average Bonchev–Trinajstić information content (AvgIpc) is 2.25. The van der Waals surface area contributed by atoms with Crippen LogP contribution in [0.15, 0.2) is 42.5 Å². The lowest BCUT2D eigenvalue weighted by atomic mass is 10.2. The second-order valence-corrected chi connectivity index (χ2v) is 3.67. The van der Waals surface area contributed by atoms with E-state index in [1.54, 1.807) is 6.07 Å². The lowest BCUT2D eigenvalue weighted by molar-refractivity contribution is 0.627. The third kappa shape index (κ3) is 2.14. The highest BCUT2D eigenvalue weighted by atomic mass is 19.1. The van der Waals surface area contributed by atoms with Gasteiger partial charge in [-0.25, -0.2) is 4.39 Å². The fourth-order valence-electron chi connectivity index (χ4n) is 1.52. The number of hydrogen-bond acceptors (Lipinski definition) is 2. The van der Waals surface area contributed by atoms with E-state index in [0.717, 1.165) is 16.9 Å². The molecular formula is C13H13FN2. The molecule has 16 heavy (non-hydrogen) atoms. The lowest BCUT2D eigenvalue weighted by Crippen LogP contribution is -1.97. The number of para-hydroxylation sites is 2. The van der Waals surface area contributed by atoms with Crippen molar-refractivity contribution in [3.8, 4) is 0 Å². The van der Waals surface area contributed by atoms with Crippen LogP contribution in [0.2, 0.25) is 0 Å². The van der Waals surface area contributed by atoms with Gasteiger partial charge in [-0.1, -0.05) is 12.1 Å². The molecule has 2 rings (SSSR count). The zero-order valence-electron chi connectivity index (χ0n) is 9.00. The fraction of sp³-hybridized carbons (Fsp3) is 0.0769. The smallest absolute Gasteiger partial charge is 0.123 e. The Balaban J connectivity index is 2.31. The first kappa shape index (κ1) is 10.5. The molecule has 2 aromatic rings. The Hall–Kier alpha value is -2.03. The molecule has 2 aromatic carbocycles. The predicted molar refractivity (Wildman–Crippen MR) is 65.3 cm³/mol. The maximum Gasteiger partial charge on any atom is 0.123 e. The van der Waals surface area contributed by atoms with Crippen molar-refractivity contribution in [2.75, 3.05) is 11.1 Å². The number of nitrogens with one attached hydrogen (secondary N) is 1. The highest BCUT2D eigenvalue weighted by molar-refractivity contribution is 5.73. The van der Waals surface area contributed by atoms with Crippen LogP contribution in [0.1, 0.15) is 5.56 Å². The van der Waals surface area contributed by atoms with Crippen LogP contribution in [-0.2, 0) is 0 Å². The van der Waals surface area contributed by atoms with Crippen LogP contribution in [0, 0.1) is 12.7 Å². The van der Waals surface area contributed by atoms with E-state index in [0.29, 0.717) is 5.69 Å². The van der Waals surface area contributed by atoms with Gasteiger partial charge in [-0.05, 0) is 42.8 Å². The zero-order valence-corrected chi connectivity index (χ0v) is 9.00. The predicted octanol–water partition coefficient (Wildman–Crippen LogP) is 3.46. The average molecular weight is 216 g/mol. The molecule has 0 atom stereocenters. The van der Waals surface area contributed by atoms with E-state index in [1.807, 2.05) is 31.2 Å². The summed E-state index contributed by atoms with van der Waals surface area (Å²) in [5.74, 6) is -0.232. The van der Waals surface area contributed by atoms with Crippen LogP contribution < -0.4 is 11.1 Å². The number of anilines is 3. The standard InChI is InChI=1S/C13H13FN2/c1-9-8-10(14)6-7-12(9)16-13-5-3-2-4-11(13)15/h2-8,16H,15H2,1H3. The minimum Gasteiger partial charge on any atom is -0.397 e. The van der Waals surface area contributed by atoms with Crippen molar-refractivity contribution in [3.05, 3.63) is 53.8 Å². The number of rotatable bonds is 2. The third-order valence-corrected chi connectivity index (χ3v) is 2.42. The van der Waals surface area contributed by atoms with Gasteiger partial charge in [0.15, 0.2) is 0 Å². The molecule has 0 aliphatic heterocycles. The third-order valence-electron chi connectivity index (χ3n) is 2.42. The normalized spacial score (nSPS) is 10.1. The second-order valence-electron chi connectivity index (χ2n) is 3.67. The summed E-state index contributed by atoms with van der Waals surface area (Å²) in [5, 5.41) is 3.18. The minimum atomic E-state index is -0.232. The van der Waals surface area contributed by atoms with E-state index >= 15 is 0 Å². The van der Waals surface area contributed by atoms with E-state index in [1.165, 1.54) is 12.1 Å². The van der Waals surface area contributed by atoms with Crippen LogP contribution in [-0.4, -0.2) is 0 Å². The molecule has 0 unspecified atom stereocenters. The van der Waals surface area contributed by atoms with Gasteiger partial charge in [-0.3, -0.25) is 0 Å². The number of hydrogen-bond donors (Lipinski definition) is 2. The van der Waals surface area contributed by atoms with Crippen molar-refractivity contribution in [2.45, 2.75) is 6.92 Å². The van der Waals surface area contributed by atoms with Gasteiger partial charge >= 0.3 is 0 Å². The van der Waals surface area contributed by atoms with Crippen LogP contribution in [0.5, 0.6) is 0 Å². The number of halogens is 1. The quantitative estimate of drug-likeness (QED) is 0.754. The summed E-state index contributed by atoms with van der Waals surface area (Å²) in [6, 6.07) is 12.1. The minimum absolute atomic E-state index is 0.232. The van der Waals surface area contributed by atoms with E-state index in [4.69, 9.17) is 5.73 Å². The highest BCUT2D eigenvalue weighted by Crippen LogP contribution is 2.25. The Morgan fingerprint density at radius 2 is 1.81 bits per heavy atom. The van der Waals surface area contributed by atoms with Crippen molar-refractivity contribution >= 4 is 17.1 Å². The van der Waals surface area contributed by atoms with Crippen LogP contribution in [0.3, 0.4) is 0 Å². The van der Waals surface area contributed by atoms with Gasteiger partial charge in [-0.2, -0.15) is 0 Å². The highest BCUT2D eigenvalue weighted by Gasteiger charge is 2.02. The first-order chi connectivity index (χ1) is 7.66. The maximum absolute atomic E-state index is 12.9. The fourth-order valence-corrected chi connectivity index (χ4v) is 1.52. The molecule has 3 heteroatoms. The molecule has 0 saturated carbocycles. The van der Waals surface area contributed by atoms with Gasteiger partial charge in [0.05, 0.1) is 11.4 Å². The van der Waals surface area contributed by atoms with E-state index in [2.05, 4.69) is 5.32 Å². The molecule has 0 radical (unpaired) electrons. The Bertz CT molecular complexity index is 509. The maximum atomic E-state index is 12.9. The molecule has 0 aromatic heterocycles. The molecule has 82 valence electrons. The SMILES string of the molecule is Cc1cc(F)ccc1Nc1ccccc1N. The van der Waals surface area contributed by atoms with E-state index in [-0.39, 0.29) is 5.82 Å². The molecule has 3 N–H and O–H groups in total. The van der Waals surface area contributed by atoms with E-state index < -0.39 is 0 Å². The molecule has 0 amide bonds. The number of nitrogen functional groups attached to an aromatic ring is 1. The summed E-state index contributed by atoms with van der Waals surface area (Å²) in [4.78, 5) is 0. The molecule has 0 fully saturated rings. The first-order valence-corrected chi connectivity index (χ1v) is 5.04. The molecule has 2 nitrogen and oxygen atoms in total. The molecule has 0 saturated heterocycles. The lowest BCUT2D eigenvalue weighted by Gasteiger charge is -2.11. The summed E-state index contributed by atoms with van der Waals surface area (Å²) in [7, 11) is 0. The summed E-state index contributed by atoms with van der Waals surface area (Å²) in [5.41, 5.74) is 9.03. The van der Waals surface area contributed by atoms with Gasteiger partial charge < -0.3 is 11.1 Å². The van der Waals surface area contributed by atoms with E-state index in [9.17, 15) is 4.39 Å². The molecule has 0 aliphatic carbocycles. The molecule has 0 aliphatic rings. The van der Waals surface area contributed by atoms with Gasteiger partial charge in [0.25, 0.3) is 0 Å². The van der Waals surface area contributed by atoms with Crippen LogP contribution in [0.4, 0.5) is 21.5 Å². The van der Waals surface area contributed by atoms with Crippen molar-refractivity contribution in [2.24, 2.45) is 0 Å². The first-order valence-electron chi connectivity index (χ1n) is 5.04. The molecule has 0 bridgehead atoms. The number of nitrogens with two attached hydrogens (primary N) is 1. The molecule has 0 spiro atoms. The van der Waals surface area contributed by atoms with Crippen molar-refractivity contribution in [1.82, 2.24) is 0 Å². The molecule has 0 heterocycles. The Morgan fingerprint density at radius 3 is 2.50 bits per heavy atom. The Kier molecular flexibility index (Phi) is 2.77. The Labute approximate surface area is 93.9 Å². The van der Waals surface area contributed by atoms with Gasteiger partial charge in [0.1, 0.15) is 5.82 Å². The summed E-state index contributed by atoms with van der Waals surface area (Å²) in [6.45, 7) is 1.85. The van der Waals surface area contributed by atoms with Crippen molar-refractivity contribution < 1.29 is 4.39 Å². The summed E-state index contributed by atoms with van der Waals surface area (Å²) >= 11 is 0. The summed E-state index contributed by atoms with van der Waals surface area (Å²) < 4.78 is 12.9. The van der Waals surface area contributed by atoms with Crippen LogP contribution >= 0.6 is 0 Å². The largest absolute Gasteiger partial charge is 0.397 e. The molecular weight excluding hydrogens is 203 g/mol. The van der Waals surface area contributed by atoms with Gasteiger partial charge in [-0.15, -0.1) is 0 Å². The number of aryl methyl sites for hydroxylation is 1. The second kappa shape index (κ2) is 4.23. The number of benzene rings is 2.